The van der Waals surface area contributed by atoms with E-state index in [4.69, 9.17) is 0 Å². The minimum Gasteiger partial charge on any atom is -0.204 e. The molecule has 1 heterocycles. The maximum atomic E-state index is 13.7. The maximum Gasteiger partial charge on any atom is 0.159 e. The van der Waals surface area contributed by atoms with Gasteiger partial charge in [-0.15, -0.1) is 0 Å². The van der Waals surface area contributed by atoms with Gasteiger partial charge in [-0.05, 0) is 53.0 Å². The fourth-order valence-corrected chi connectivity index (χ4v) is 9.25. The number of hydrogen-bond acceptors (Lipinski definition) is 0. The quantitative estimate of drug-likeness (QED) is 0.298. The van der Waals surface area contributed by atoms with E-state index in [1.807, 2.05) is 0 Å². The zero-order valence-corrected chi connectivity index (χ0v) is 20.1. The summed E-state index contributed by atoms with van der Waals surface area (Å²) in [5.74, 6) is -0.736. The van der Waals surface area contributed by atoms with Gasteiger partial charge >= 0.3 is 0 Å². The Labute approximate surface area is 189 Å². The fraction of sp³-hybridized carbons (Fsp3) is 0.571. The molecule has 2 aromatic carbocycles. The third-order valence-corrected chi connectivity index (χ3v) is 11.1. The van der Waals surface area contributed by atoms with Crippen molar-refractivity contribution < 1.29 is 8.78 Å². The van der Waals surface area contributed by atoms with Crippen molar-refractivity contribution in [3.8, 4) is 11.1 Å². The molecule has 1 aliphatic carbocycles. The van der Waals surface area contributed by atoms with Crippen molar-refractivity contribution in [2.24, 2.45) is 5.92 Å². The van der Waals surface area contributed by atoms with E-state index in [-0.39, 0.29) is 8.80 Å². The van der Waals surface area contributed by atoms with Crippen molar-refractivity contribution in [1.82, 2.24) is 0 Å². The molecule has 0 bridgehead atoms. The van der Waals surface area contributed by atoms with Gasteiger partial charge in [-0.1, -0.05) is 107 Å². The van der Waals surface area contributed by atoms with E-state index < -0.39 is 11.6 Å². The molecule has 2 aliphatic rings. The number of hydrogen-bond donors (Lipinski definition) is 0. The van der Waals surface area contributed by atoms with Gasteiger partial charge < -0.3 is 0 Å². The molecule has 1 radical (unpaired) electrons. The van der Waals surface area contributed by atoms with E-state index >= 15 is 0 Å². The Morgan fingerprint density at radius 3 is 2.16 bits per heavy atom. The lowest BCUT2D eigenvalue weighted by molar-refractivity contribution is 0.174. The standard InChI is InChI=1S/C28H37F2Si/c1-2-3-7-18-31-19-14-25(15-20-31)28(16-5-4-6-17-28)24-11-8-22(9-12-24)23-10-13-26(29)27(30)21-23/h8-13,21,25H,2-7,14-20H2,1H3. The van der Waals surface area contributed by atoms with Gasteiger partial charge in [0.25, 0.3) is 0 Å². The van der Waals surface area contributed by atoms with E-state index in [1.165, 1.54) is 100 Å². The Hall–Kier alpha value is -1.48. The molecule has 1 saturated carbocycles. The third-order valence-electron chi connectivity index (χ3n) is 8.07. The van der Waals surface area contributed by atoms with Crippen molar-refractivity contribution in [2.45, 2.75) is 94.7 Å². The molecule has 0 atom stereocenters. The number of halogens is 2. The second-order valence-corrected chi connectivity index (χ2v) is 12.9. The summed E-state index contributed by atoms with van der Waals surface area (Å²) in [5, 5.41) is 0. The highest BCUT2D eigenvalue weighted by atomic mass is 28.3. The monoisotopic (exact) mass is 439 g/mol. The zero-order chi connectivity index (χ0) is 21.7. The van der Waals surface area contributed by atoms with Gasteiger partial charge in [-0.3, -0.25) is 0 Å². The fourth-order valence-electron chi connectivity index (χ4n) is 6.24. The largest absolute Gasteiger partial charge is 0.204 e. The van der Waals surface area contributed by atoms with Crippen LogP contribution < -0.4 is 0 Å². The Bertz CT molecular complexity index is 831. The summed E-state index contributed by atoms with van der Waals surface area (Å²) in [5.41, 5.74) is 3.55. The molecule has 3 heteroatoms. The van der Waals surface area contributed by atoms with Gasteiger partial charge in [-0.2, -0.15) is 0 Å². The van der Waals surface area contributed by atoms with Crippen molar-refractivity contribution in [3.05, 3.63) is 59.7 Å². The Morgan fingerprint density at radius 2 is 1.52 bits per heavy atom. The lowest BCUT2D eigenvalue weighted by Crippen LogP contribution is -2.40. The molecule has 1 aliphatic heterocycles. The van der Waals surface area contributed by atoms with Crippen molar-refractivity contribution in [1.29, 1.82) is 0 Å². The SMILES string of the molecule is CCCCC[Si]1CCC(C2(c3ccc(-c4ccc(F)c(F)c4)cc3)CCCCC2)CC1. The van der Waals surface area contributed by atoms with Crippen LogP contribution in [-0.4, -0.2) is 8.80 Å². The van der Waals surface area contributed by atoms with Crippen LogP contribution in [0.15, 0.2) is 42.5 Å². The van der Waals surface area contributed by atoms with Crippen LogP contribution in [0.4, 0.5) is 8.78 Å². The molecule has 4 rings (SSSR count). The highest BCUT2D eigenvalue weighted by molar-refractivity contribution is 6.58. The van der Waals surface area contributed by atoms with Crippen LogP contribution in [0.5, 0.6) is 0 Å². The second kappa shape index (κ2) is 10.4. The predicted octanol–water partition coefficient (Wildman–Crippen LogP) is 8.93. The molecule has 2 aromatic rings. The van der Waals surface area contributed by atoms with E-state index in [0.717, 1.165) is 17.0 Å². The summed E-state index contributed by atoms with van der Waals surface area (Å²) in [6.07, 6.45) is 13.7. The number of unbranched alkanes of at least 4 members (excludes halogenated alkanes) is 2. The van der Waals surface area contributed by atoms with E-state index in [2.05, 4.69) is 31.2 Å². The minimum atomic E-state index is -0.783. The molecular weight excluding hydrogens is 402 g/mol. The minimum absolute atomic E-state index is 0.115. The zero-order valence-electron chi connectivity index (χ0n) is 19.1. The molecule has 0 amide bonds. The van der Waals surface area contributed by atoms with Crippen molar-refractivity contribution >= 4 is 8.80 Å². The first-order valence-electron chi connectivity index (χ1n) is 12.5. The second-order valence-electron chi connectivity index (χ2n) is 9.90. The van der Waals surface area contributed by atoms with Gasteiger partial charge in [0, 0.05) is 8.80 Å². The van der Waals surface area contributed by atoms with Gasteiger partial charge in [-0.25, -0.2) is 8.78 Å². The molecule has 0 N–H and O–H groups in total. The summed E-state index contributed by atoms with van der Waals surface area (Å²) < 4.78 is 27.0. The molecule has 31 heavy (non-hydrogen) atoms. The molecule has 2 fully saturated rings. The first kappa shape index (κ1) is 22.7. The van der Waals surface area contributed by atoms with Crippen LogP contribution in [0, 0.1) is 17.6 Å². The van der Waals surface area contributed by atoms with Gasteiger partial charge in [0.1, 0.15) is 0 Å². The topological polar surface area (TPSA) is 0 Å². The van der Waals surface area contributed by atoms with E-state index in [9.17, 15) is 8.78 Å². The summed E-state index contributed by atoms with van der Waals surface area (Å²) in [6.45, 7) is 2.30. The molecule has 0 unspecified atom stereocenters. The lowest BCUT2D eigenvalue weighted by atomic mass is 9.60. The van der Waals surface area contributed by atoms with Crippen LogP contribution >= 0.6 is 0 Å². The van der Waals surface area contributed by atoms with Crippen LogP contribution in [0.25, 0.3) is 11.1 Å². The first-order valence-corrected chi connectivity index (χ1v) is 14.6. The van der Waals surface area contributed by atoms with Gasteiger partial charge in [0.15, 0.2) is 11.6 Å². The van der Waals surface area contributed by atoms with Gasteiger partial charge in [0.05, 0.1) is 0 Å². The van der Waals surface area contributed by atoms with Gasteiger partial charge in [0.2, 0.25) is 0 Å². The van der Waals surface area contributed by atoms with Crippen LogP contribution in [-0.2, 0) is 5.41 Å². The normalized spacial score (nSPS) is 20.1. The number of benzene rings is 2. The average Bonchev–Trinajstić information content (AvgIpc) is 2.82. The summed E-state index contributed by atoms with van der Waals surface area (Å²) in [4.78, 5) is 0. The molecule has 0 spiro atoms. The number of rotatable bonds is 7. The van der Waals surface area contributed by atoms with E-state index in [0.29, 0.717) is 5.41 Å². The first-order chi connectivity index (χ1) is 15.1. The molecular formula is C28H37F2Si. The maximum absolute atomic E-state index is 13.7. The Morgan fingerprint density at radius 1 is 0.839 bits per heavy atom. The van der Waals surface area contributed by atoms with Crippen LogP contribution in [0.3, 0.4) is 0 Å². The molecule has 0 nitrogen and oxygen atoms in total. The van der Waals surface area contributed by atoms with Crippen molar-refractivity contribution in [3.63, 3.8) is 0 Å². The molecule has 1 saturated heterocycles. The summed E-state index contributed by atoms with van der Waals surface area (Å²) >= 11 is 0. The third kappa shape index (κ3) is 5.13. The predicted molar refractivity (Wildman–Crippen MR) is 129 cm³/mol. The summed E-state index contributed by atoms with van der Waals surface area (Å²) in [7, 11) is -0.115. The molecule has 0 aromatic heterocycles. The Balaban J connectivity index is 1.50. The summed E-state index contributed by atoms with van der Waals surface area (Å²) in [6, 6.07) is 17.6. The highest BCUT2D eigenvalue weighted by Gasteiger charge is 2.42. The smallest absolute Gasteiger partial charge is 0.159 e. The average molecular weight is 440 g/mol. The van der Waals surface area contributed by atoms with Crippen molar-refractivity contribution in [2.75, 3.05) is 0 Å². The Kier molecular flexibility index (Phi) is 7.63. The van der Waals surface area contributed by atoms with Crippen LogP contribution in [0.2, 0.25) is 18.1 Å². The molecule has 167 valence electrons. The lowest BCUT2D eigenvalue weighted by Gasteiger charge is -2.47. The highest BCUT2D eigenvalue weighted by Crippen LogP contribution is 2.50. The van der Waals surface area contributed by atoms with E-state index in [1.54, 1.807) is 6.07 Å². The van der Waals surface area contributed by atoms with Crippen LogP contribution in [0.1, 0.15) is 76.7 Å².